The standard InChI is InChI=1S/C25H28N4O2/c30-25(24-22-12-7-13-23(22)29(27-24)20-10-5-2-6-11-20)26-16-21-18-28(14-15-31-21)17-19-8-3-1-4-9-19/h1-6,8-11,21H,7,12-18H2,(H,26,30). The van der Waals surface area contributed by atoms with Crippen LogP contribution in [-0.2, 0) is 24.1 Å². The van der Waals surface area contributed by atoms with Crippen molar-refractivity contribution in [2.75, 3.05) is 26.2 Å². The molecule has 1 atom stereocenters. The predicted octanol–water partition coefficient (Wildman–Crippen LogP) is 2.99. The molecule has 1 fully saturated rings. The van der Waals surface area contributed by atoms with Crippen molar-refractivity contribution in [2.45, 2.75) is 31.9 Å². The Hall–Kier alpha value is -2.96. The lowest BCUT2D eigenvalue weighted by Crippen LogP contribution is -2.47. The molecule has 1 amide bonds. The molecule has 1 N–H and O–H groups in total. The molecule has 1 saturated heterocycles. The van der Waals surface area contributed by atoms with Crippen molar-refractivity contribution in [3.8, 4) is 5.69 Å². The Morgan fingerprint density at radius 1 is 1.06 bits per heavy atom. The van der Waals surface area contributed by atoms with Crippen LogP contribution in [0.2, 0.25) is 0 Å². The molecule has 5 rings (SSSR count). The second-order valence-corrected chi connectivity index (χ2v) is 8.30. The highest BCUT2D eigenvalue weighted by atomic mass is 16.5. The number of fused-ring (bicyclic) bond motifs is 1. The lowest BCUT2D eigenvalue weighted by atomic mass is 10.1. The number of benzene rings is 2. The van der Waals surface area contributed by atoms with Gasteiger partial charge >= 0.3 is 0 Å². The van der Waals surface area contributed by atoms with Crippen LogP contribution in [0, 0.1) is 0 Å². The molecule has 0 saturated carbocycles. The Bertz CT molecular complexity index is 1030. The van der Waals surface area contributed by atoms with Gasteiger partial charge in [0.1, 0.15) is 0 Å². The van der Waals surface area contributed by atoms with Gasteiger partial charge in [0.05, 0.1) is 18.4 Å². The maximum atomic E-state index is 13.0. The fourth-order valence-electron chi connectivity index (χ4n) is 4.58. The molecule has 160 valence electrons. The zero-order valence-corrected chi connectivity index (χ0v) is 17.7. The summed E-state index contributed by atoms with van der Waals surface area (Å²) in [7, 11) is 0. The van der Waals surface area contributed by atoms with Gasteiger partial charge in [0.15, 0.2) is 5.69 Å². The number of aromatic nitrogens is 2. The van der Waals surface area contributed by atoms with Gasteiger partial charge in [-0.2, -0.15) is 5.10 Å². The third-order valence-electron chi connectivity index (χ3n) is 6.11. The number of rotatable bonds is 6. The van der Waals surface area contributed by atoms with Crippen molar-refractivity contribution in [3.05, 3.63) is 83.2 Å². The lowest BCUT2D eigenvalue weighted by molar-refractivity contribution is -0.0292. The molecule has 0 radical (unpaired) electrons. The summed E-state index contributed by atoms with van der Waals surface area (Å²) in [5, 5.41) is 7.77. The first-order chi connectivity index (χ1) is 15.3. The van der Waals surface area contributed by atoms with E-state index in [1.807, 2.05) is 41.1 Å². The van der Waals surface area contributed by atoms with Gasteiger partial charge in [-0.25, -0.2) is 4.68 Å². The summed E-state index contributed by atoms with van der Waals surface area (Å²) < 4.78 is 7.86. The minimum absolute atomic E-state index is 0.00864. The van der Waals surface area contributed by atoms with Gasteiger partial charge < -0.3 is 10.1 Å². The van der Waals surface area contributed by atoms with Gasteiger partial charge in [0.25, 0.3) is 5.91 Å². The molecule has 3 aromatic rings. The van der Waals surface area contributed by atoms with Crippen LogP contribution in [0.15, 0.2) is 60.7 Å². The molecule has 1 aliphatic heterocycles. The normalized spacial score (nSPS) is 18.6. The molecule has 6 heteroatoms. The molecular formula is C25H28N4O2. The average Bonchev–Trinajstić information content (AvgIpc) is 3.42. The zero-order chi connectivity index (χ0) is 21.0. The third kappa shape index (κ3) is 4.40. The Kier molecular flexibility index (Phi) is 5.82. The van der Waals surface area contributed by atoms with Crippen molar-refractivity contribution in [3.63, 3.8) is 0 Å². The number of ether oxygens (including phenoxy) is 1. The Balaban J connectivity index is 1.23. The van der Waals surface area contributed by atoms with E-state index >= 15 is 0 Å². The Morgan fingerprint density at radius 2 is 1.84 bits per heavy atom. The summed E-state index contributed by atoms with van der Waals surface area (Å²) in [5.41, 5.74) is 5.13. The fraction of sp³-hybridized carbons (Fsp3) is 0.360. The van der Waals surface area contributed by atoms with Crippen molar-refractivity contribution in [1.82, 2.24) is 20.0 Å². The van der Waals surface area contributed by atoms with E-state index in [1.54, 1.807) is 0 Å². The van der Waals surface area contributed by atoms with Crippen LogP contribution < -0.4 is 5.32 Å². The predicted molar refractivity (Wildman–Crippen MR) is 119 cm³/mol. The number of carbonyl (C=O) groups is 1. The summed E-state index contributed by atoms with van der Waals surface area (Å²) in [6, 6.07) is 20.5. The van der Waals surface area contributed by atoms with Crippen LogP contribution in [0.4, 0.5) is 0 Å². The molecule has 2 aromatic carbocycles. The summed E-state index contributed by atoms with van der Waals surface area (Å²) in [6.45, 7) is 3.81. The van der Waals surface area contributed by atoms with Gasteiger partial charge in [-0.15, -0.1) is 0 Å². The van der Waals surface area contributed by atoms with Gasteiger partial charge in [0.2, 0.25) is 0 Å². The number of nitrogens with one attached hydrogen (secondary N) is 1. The number of carbonyl (C=O) groups excluding carboxylic acids is 1. The summed E-state index contributed by atoms with van der Waals surface area (Å²) in [5.74, 6) is -0.100. The maximum absolute atomic E-state index is 13.0. The fourth-order valence-corrected chi connectivity index (χ4v) is 4.58. The van der Waals surface area contributed by atoms with E-state index in [0.717, 1.165) is 50.1 Å². The first-order valence-electron chi connectivity index (χ1n) is 11.1. The maximum Gasteiger partial charge on any atom is 0.272 e. The molecular weight excluding hydrogens is 388 g/mol. The highest BCUT2D eigenvalue weighted by Crippen LogP contribution is 2.27. The largest absolute Gasteiger partial charge is 0.374 e. The van der Waals surface area contributed by atoms with E-state index < -0.39 is 0 Å². The molecule has 2 heterocycles. The van der Waals surface area contributed by atoms with Gasteiger partial charge in [-0.1, -0.05) is 48.5 Å². The lowest BCUT2D eigenvalue weighted by Gasteiger charge is -2.33. The summed E-state index contributed by atoms with van der Waals surface area (Å²) in [4.78, 5) is 15.4. The minimum Gasteiger partial charge on any atom is -0.374 e. The first kappa shape index (κ1) is 20.0. The number of morpholine rings is 1. The van der Waals surface area contributed by atoms with Crippen LogP contribution in [0.3, 0.4) is 0 Å². The van der Waals surface area contributed by atoms with Gasteiger partial charge in [-0.3, -0.25) is 9.69 Å². The molecule has 2 aliphatic rings. The van der Waals surface area contributed by atoms with Crippen molar-refractivity contribution in [2.24, 2.45) is 0 Å². The van der Waals surface area contributed by atoms with Crippen LogP contribution >= 0.6 is 0 Å². The first-order valence-corrected chi connectivity index (χ1v) is 11.1. The molecule has 1 aromatic heterocycles. The van der Waals surface area contributed by atoms with E-state index in [2.05, 4.69) is 39.6 Å². The summed E-state index contributed by atoms with van der Waals surface area (Å²) in [6.07, 6.45) is 2.94. The van der Waals surface area contributed by atoms with E-state index in [1.165, 1.54) is 11.3 Å². The number of para-hydroxylation sites is 1. The van der Waals surface area contributed by atoms with Gasteiger partial charge in [0, 0.05) is 37.4 Å². The molecule has 0 bridgehead atoms. The molecule has 1 unspecified atom stereocenters. The quantitative estimate of drug-likeness (QED) is 0.671. The van der Waals surface area contributed by atoms with Crippen LogP contribution in [0.1, 0.15) is 33.7 Å². The van der Waals surface area contributed by atoms with Crippen molar-refractivity contribution >= 4 is 5.91 Å². The second-order valence-electron chi connectivity index (χ2n) is 8.30. The van der Waals surface area contributed by atoms with Crippen LogP contribution in [0.5, 0.6) is 0 Å². The molecule has 6 nitrogen and oxygen atoms in total. The topological polar surface area (TPSA) is 59.4 Å². The number of hydrogen-bond acceptors (Lipinski definition) is 4. The van der Waals surface area contributed by atoms with E-state index in [4.69, 9.17) is 4.74 Å². The van der Waals surface area contributed by atoms with Crippen LogP contribution in [0.25, 0.3) is 5.69 Å². The molecule has 31 heavy (non-hydrogen) atoms. The monoisotopic (exact) mass is 416 g/mol. The number of hydrogen-bond donors (Lipinski definition) is 1. The second kappa shape index (κ2) is 9.04. The average molecular weight is 417 g/mol. The zero-order valence-electron chi connectivity index (χ0n) is 17.7. The highest BCUT2D eigenvalue weighted by Gasteiger charge is 2.28. The Morgan fingerprint density at radius 3 is 2.65 bits per heavy atom. The SMILES string of the molecule is O=C(NCC1CN(Cc2ccccc2)CCO1)c1nn(-c2ccccc2)c2c1CCC2. The summed E-state index contributed by atoms with van der Waals surface area (Å²) >= 11 is 0. The highest BCUT2D eigenvalue weighted by molar-refractivity contribution is 5.94. The Labute approximate surface area is 182 Å². The van der Waals surface area contributed by atoms with Crippen LogP contribution in [-0.4, -0.2) is 52.9 Å². The van der Waals surface area contributed by atoms with E-state index in [9.17, 15) is 4.79 Å². The van der Waals surface area contributed by atoms with Gasteiger partial charge in [-0.05, 0) is 37.0 Å². The van der Waals surface area contributed by atoms with Crippen molar-refractivity contribution < 1.29 is 9.53 Å². The van der Waals surface area contributed by atoms with E-state index in [-0.39, 0.29) is 12.0 Å². The smallest absolute Gasteiger partial charge is 0.272 e. The number of amides is 1. The number of nitrogens with zero attached hydrogens (tertiary/aromatic N) is 3. The van der Waals surface area contributed by atoms with Crippen molar-refractivity contribution in [1.29, 1.82) is 0 Å². The molecule has 0 spiro atoms. The third-order valence-corrected chi connectivity index (χ3v) is 6.11. The molecule has 1 aliphatic carbocycles. The van der Waals surface area contributed by atoms with E-state index in [0.29, 0.717) is 18.8 Å². The minimum atomic E-state index is -0.100.